The zero-order valence-electron chi connectivity index (χ0n) is 10.7. The Hall–Kier alpha value is -0.710. The first kappa shape index (κ1) is 14.4. The Bertz CT molecular complexity index is 295. The average Bonchev–Trinajstić information content (AvgIpc) is 2.94. The fourth-order valence-electron chi connectivity index (χ4n) is 1.55. The molecule has 4 nitrogen and oxygen atoms in total. The van der Waals surface area contributed by atoms with Gasteiger partial charge in [0.25, 0.3) is 0 Å². The summed E-state index contributed by atoms with van der Waals surface area (Å²) < 4.78 is 0.0548. The number of carbonyl (C=O) groups excluding carboxylic acids is 1. The van der Waals surface area contributed by atoms with E-state index in [2.05, 4.69) is 26.1 Å². The summed E-state index contributed by atoms with van der Waals surface area (Å²) >= 11 is 1.58. The van der Waals surface area contributed by atoms with Gasteiger partial charge in [-0.3, -0.25) is 9.59 Å². The fraction of sp³-hybridized carbons (Fsp3) is 0.833. The second-order valence-electron chi connectivity index (χ2n) is 5.51. The van der Waals surface area contributed by atoms with Gasteiger partial charge in [-0.15, -0.1) is 11.8 Å². The van der Waals surface area contributed by atoms with E-state index in [-0.39, 0.29) is 23.1 Å². The average molecular weight is 259 g/mol. The molecule has 0 spiro atoms. The van der Waals surface area contributed by atoms with Crippen molar-refractivity contribution in [3.05, 3.63) is 0 Å². The standard InChI is InChI=1S/C12H21NO3S/c1-12(2,3)17-7-10(14)13-9(6-11(15)16)8-4-5-8/h8-9H,4-7H2,1-3H3,(H,13,14)(H,15,16). The molecule has 98 valence electrons. The van der Waals surface area contributed by atoms with E-state index in [1.165, 1.54) is 0 Å². The maximum atomic E-state index is 11.7. The van der Waals surface area contributed by atoms with Gasteiger partial charge in [-0.1, -0.05) is 20.8 Å². The van der Waals surface area contributed by atoms with Crippen molar-refractivity contribution in [3.8, 4) is 0 Å². The van der Waals surface area contributed by atoms with Crippen molar-refractivity contribution >= 4 is 23.6 Å². The molecular weight excluding hydrogens is 238 g/mol. The van der Waals surface area contributed by atoms with E-state index < -0.39 is 5.97 Å². The molecule has 0 bridgehead atoms. The van der Waals surface area contributed by atoms with Crippen molar-refractivity contribution in [2.75, 3.05) is 5.75 Å². The number of thioether (sulfide) groups is 1. The van der Waals surface area contributed by atoms with Crippen LogP contribution in [0.4, 0.5) is 0 Å². The van der Waals surface area contributed by atoms with Crippen LogP contribution < -0.4 is 5.32 Å². The van der Waals surface area contributed by atoms with Crippen LogP contribution in [0.5, 0.6) is 0 Å². The lowest BCUT2D eigenvalue weighted by molar-refractivity contribution is -0.137. The molecule has 0 heterocycles. The fourth-order valence-corrected chi connectivity index (χ4v) is 2.20. The number of carboxylic acids is 1. The van der Waals surface area contributed by atoms with Gasteiger partial charge in [0.05, 0.1) is 12.2 Å². The lowest BCUT2D eigenvalue weighted by atomic mass is 10.1. The third kappa shape index (κ3) is 6.56. The molecule has 1 fully saturated rings. The second-order valence-corrected chi connectivity index (χ2v) is 7.31. The lowest BCUT2D eigenvalue weighted by Gasteiger charge is -2.20. The van der Waals surface area contributed by atoms with Crippen molar-refractivity contribution < 1.29 is 14.7 Å². The number of carboxylic acid groups (broad SMARTS) is 1. The van der Waals surface area contributed by atoms with Crippen LogP contribution in [0.25, 0.3) is 0 Å². The Morgan fingerprint density at radius 1 is 1.41 bits per heavy atom. The van der Waals surface area contributed by atoms with Gasteiger partial charge >= 0.3 is 5.97 Å². The number of nitrogens with one attached hydrogen (secondary N) is 1. The number of rotatable bonds is 6. The summed E-state index contributed by atoms with van der Waals surface area (Å²) in [7, 11) is 0. The number of hydrogen-bond donors (Lipinski definition) is 2. The molecule has 1 saturated carbocycles. The topological polar surface area (TPSA) is 66.4 Å². The van der Waals surface area contributed by atoms with Crippen LogP contribution in [-0.2, 0) is 9.59 Å². The Kier molecular flexibility index (Phi) is 4.86. The highest BCUT2D eigenvalue weighted by Crippen LogP contribution is 2.34. The predicted octanol–water partition coefficient (Wildman–Crippen LogP) is 1.89. The third-order valence-corrected chi connectivity index (χ3v) is 3.84. The lowest BCUT2D eigenvalue weighted by Crippen LogP contribution is -2.39. The van der Waals surface area contributed by atoms with Crippen LogP contribution >= 0.6 is 11.8 Å². The van der Waals surface area contributed by atoms with Crippen molar-refractivity contribution in [1.82, 2.24) is 5.32 Å². The van der Waals surface area contributed by atoms with Gasteiger partial charge in [-0.05, 0) is 18.8 Å². The Morgan fingerprint density at radius 2 is 2.00 bits per heavy atom. The maximum Gasteiger partial charge on any atom is 0.305 e. The van der Waals surface area contributed by atoms with Crippen molar-refractivity contribution in [3.63, 3.8) is 0 Å². The number of amides is 1. The Morgan fingerprint density at radius 3 is 2.41 bits per heavy atom. The molecule has 1 aliphatic carbocycles. The Labute approximate surface area is 107 Å². The zero-order chi connectivity index (χ0) is 13.1. The quantitative estimate of drug-likeness (QED) is 0.764. The molecule has 1 rings (SSSR count). The van der Waals surface area contributed by atoms with Gasteiger partial charge < -0.3 is 10.4 Å². The maximum absolute atomic E-state index is 11.7. The van der Waals surface area contributed by atoms with Crippen LogP contribution in [0.1, 0.15) is 40.0 Å². The number of aliphatic carboxylic acids is 1. The third-order valence-electron chi connectivity index (χ3n) is 2.57. The summed E-state index contributed by atoms with van der Waals surface area (Å²) in [5, 5.41) is 11.6. The minimum absolute atomic E-state index is 0.0383. The van der Waals surface area contributed by atoms with Gasteiger partial charge in [0, 0.05) is 10.8 Å². The van der Waals surface area contributed by atoms with Crippen LogP contribution in [0, 0.1) is 5.92 Å². The van der Waals surface area contributed by atoms with E-state index in [0.717, 1.165) is 12.8 Å². The van der Waals surface area contributed by atoms with Crippen molar-refractivity contribution in [1.29, 1.82) is 0 Å². The molecule has 2 N–H and O–H groups in total. The van der Waals surface area contributed by atoms with Crippen LogP contribution in [0.2, 0.25) is 0 Å². The summed E-state index contributed by atoms with van der Waals surface area (Å²) in [4.78, 5) is 22.4. The molecule has 1 unspecified atom stereocenters. The molecule has 17 heavy (non-hydrogen) atoms. The minimum atomic E-state index is -0.842. The molecular formula is C12H21NO3S. The normalized spacial score (nSPS) is 17.6. The molecule has 0 aromatic carbocycles. The molecule has 0 aliphatic heterocycles. The summed E-state index contributed by atoms with van der Waals surface area (Å²) in [5.74, 6) is -0.129. The highest BCUT2D eigenvalue weighted by molar-refractivity contribution is 8.01. The second kappa shape index (κ2) is 5.76. The van der Waals surface area contributed by atoms with E-state index in [9.17, 15) is 9.59 Å². The molecule has 5 heteroatoms. The SMILES string of the molecule is CC(C)(C)SCC(=O)NC(CC(=O)O)C1CC1. The van der Waals surface area contributed by atoms with Crippen LogP contribution in [0.3, 0.4) is 0 Å². The first-order valence-corrected chi connectivity index (χ1v) is 6.91. The molecule has 0 aromatic rings. The summed E-state index contributed by atoms with van der Waals surface area (Å²) in [6.45, 7) is 6.17. The van der Waals surface area contributed by atoms with E-state index in [4.69, 9.17) is 5.11 Å². The predicted molar refractivity (Wildman–Crippen MR) is 69.1 cm³/mol. The van der Waals surface area contributed by atoms with Gasteiger partial charge in [0.2, 0.25) is 5.91 Å². The smallest absolute Gasteiger partial charge is 0.305 e. The minimum Gasteiger partial charge on any atom is -0.481 e. The zero-order valence-corrected chi connectivity index (χ0v) is 11.5. The first-order valence-electron chi connectivity index (χ1n) is 5.93. The number of hydrogen-bond acceptors (Lipinski definition) is 3. The van der Waals surface area contributed by atoms with Crippen LogP contribution in [0.15, 0.2) is 0 Å². The highest BCUT2D eigenvalue weighted by atomic mass is 32.2. The molecule has 0 radical (unpaired) electrons. The number of carbonyl (C=O) groups is 2. The van der Waals surface area contributed by atoms with E-state index in [1.807, 2.05) is 0 Å². The van der Waals surface area contributed by atoms with Gasteiger partial charge in [-0.25, -0.2) is 0 Å². The Balaban J connectivity index is 2.34. The molecule has 1 amide bonds. The summed E-state index contributed by atoms with van der Waals surface area (Å²) in [6, 6.07) is -0.180. The van der Waals surface area contributed by atoms with Crippen molar-refractivity contribution in [2.45, 2.75) is 50.8 Å². The summed E-state index contributed by atoms with van der Waals surface area (Å²) in [5.41, 5.74) is 0. The molecule has 0 saturated heterocycles. The van der Waals surface area contributed by atoms with E-state index >= 15 is 0 Å². The molecule has 1 aliphatic rings. The van der Waals surface area contributed by atoms with E-state index in [0.29, 0.717) is 11.7 Å². The van der Waals surface area contributed by atoms with Crippen LogP contribution in [-0.4, -0.2) is 33.5 Å². The molecule has 1 atom stereocenters. The van der Waals surface area contributed by atoms with Gasteiger partial charge in [0.15, 0.2) is 0 Å². The largest absolute Gasteiger partial charge is 0.481 e. The highest BCUT2D eigenvalue weighted by Gasteiger charge is 2.33. The monoisotopic (exact) mass is 259 g/mol. The van der Waals surface area contributed by atoms with Gasteiger partial charge in [-0.2, -0.15) is 0 Å². The van der Waals surface area contributed by atoms with Gasteiger partial charge in [0.1, 0.15) is 0 Å². The first-order chi connectivity index (χ1) is 7.78. The molecule has 0 aromatic heterocycles. The van der Waals surface area contributed by atoms with E-state index in [1.54, 1.807) is 11.8 Å². The summed E-state index contributed by atoms with van der Waals surface area (Å²) in [6.07, 6.45) is 2.10. The van der Waals surface area contributed by atoms with Crippen molar-refractivity contribution in [2.24, 2.45) is 5.92 Å².